The van der Waals surface area contributed by atoms with Crippen molar-refractivity contribution in [3.63, 3.8) is 0 Å². The Morgan fingerprint density at radius 3 is 2.83 bits per heavy atom. The first-order valence-electron chi connectivity index (χ1n) is 7.25. The Bertz CT molecular complexity index is 288. The summed E-state index contributed by atoms with van der Waals surface area (Å²) in [4.78, 5) is 12.3. The molecule has 0 spiro atoms. The van der Waals surface area contributed by atoms with Gasteiger partial charge >= 0.3 is 0 Å². The van der Waals surface area contributed by atoms with Crippen molar-refractivity contribution in [1.29, 1.82) is 0 Å². The van der Waals surface area contributed by atoms with E-state index in [1.54, 1.807) is 0 Å². The highest BCUT2D eigenvalue weighted by Crippen LogP contribution is 2.31. The number of aliphatic hydroxyl groups excluding tert-OH is 1. The average Bonchev–Trinajstić information content (AvgIpc) is 2.84. The van der Waals surface area contributed by atoms with E-state index < -0.39 is 0 Å². The third-order valence-corrected chi connectivity index (χ3v) is 4.72. The van der Waals surface area contributed by atoms with Gasteiger partial charge in [-0.05, 0) is 51.0 Å². The van der Waals surface area contributed by atoms with Crippen molar-refractivity contribution < 1.29 is 9.90 Å². The molecular formula is C14H26N2O2. The maximum absolute atomic E-state index is 12.3. The van der Waals surface area contributed by atoms with Crippen molar-refractivity contribution in [3.8, 4) is 0 Å². The number of amides is 1. The van der Waals surface area contributed by atoms with Gasteiger partial charge in [0.15, 0.2) is 0 Å². The molecule has 104 valence electrons. The molecule has 1 heterocycles. The predicted molar refractivity (Wildman–Crippen MR) is 71.1 cm³/mol. The average molecular weight is 254 g/mol. The monoisotopic (exact) mass is 254 g/mol. The maximum atomic E-state index is 12.3. The largest absolute Gasteiger partial charge is 0.396 e. The molecule has 0 bridgehead atoms. The molecule has 2 fully saturated rings. The summed E-state index contributed by atoms with van der Waals surface area (Å²) in [5.74, 6) is 1.04. The zero-order chi connectivity index (χ0) is 13.0. The molecule has 0 radical (unpaired) electrons. The van der Waals surface area contributed by atoms with E-state index in [9.17, 15) is 9.90 Å². The second-order valence-electron chi connectivity index (χ2n) is 6.18. The Morgan fingerprint density at radius 1 is 1.39 bits per heavy atom. The summed E-state index contributed by atoms with van der Waals surface area (Å²) >= 11 is 0. The number of hydrogen-bond acceptors (Lipinski definition) is 3. The number of hydrogen-bond donors (Lipinski definition) is 3. The lowest BCUT2D eigenvalue weighted by Gasteiger charge is -2.33. The molecule has 3 unspecified atom stereocenters. The van der Waals surface area contributed by atoms with Gasteiger partial charge in [-0.15, -0.1) is 0 Å². The van der Waals surface area contributed by atoms with Crippen LogP contribution in [0, 0.1) is 17.3 Å². The predicted octanol–water partition coefficient (Wildman–Crippen LogP) is 0.901. The van der Waals surface area contributed by atoms with E-state index in [0.29, 0.717) is 11.8 Å². The first-order chi connectivity index (χ1) is 8.65. The fourth-order valence-electron chi connectivity index (χ4n) is 3.31. The quantitative estimate of drug-likeness (QED) is 0.698. The van der Waals surface area contributed by atoms with Gasteiger partial charge in [0.1, 0.15) is 0 Å². The van der Waals surface area contributed by atoms with E-state index >= 15 is 0 Å². The first-order valence-corrected chi connectivity index (χ1v) is 7.25. The van der Waals surface area contributed by atoms with Crippen molar-refractivity contribution in [3.05, 3.63) is 0 Å². The van der Waals surface area contributed by atoms with Gasteiger partial charge in [-0.1, -0.05) is 6.42 Å². The van der Waals surface area contributed by atoms with E-state index in [2.05, 4.69) is 10.6 Å². The topological polar surface area (TPSA) is 61.4 Å². The second kappa shape index (κ2) is 6.02. The van der Waals surface area contributed by atoms with Gasteiger partial charge < -0.3 is 15.7 Å². The molecule has 1 aliphatic heterocycles. The highest BCUT2D eigenvalue weighted by molar-refractivity contribution is 5.82. The van der Waals surface area contributed by atoms with Gasteiger partial charge in [0.25, 0.3) is 0 Å². The van der Waals surface area contributed by atoms with Gasteiger partial charge in [-0.2, -0.15) is 0 Å². The zero-order valence-corrected chi connectivity index (χ0v) is 11.4. The van der Waals surface area contributed by atoms with E-state index in [0.717, 1.165) is 45.3 Å². The fraction of sp³-hybridized carbons (Fsp3) is 0.929. The summed E-state index contributed by atoms with van der Waals surface area (Å²) in [6.45, 7) is 4.86. The van der Waals surface area contributed by atoms with Crippen LogP contribution in [-0.2, 0) is 4.79 Å². The molecule has 4 heteroatoms. The Kier molecular flexibility index (Phi) is 4.62. The molecule has 3 N–H and O–H groups in total. The molecule has 1 saturated heterocycles. The lowest BCUT2D eigenvalue weighted by molar-refractivity contribution is -0.131. The molecule has 1 amide bonds. The van der Waals surface area contributed by atoms with Crippen LogP contribution in [0.3, 0.4) is 0 Å². The molecule has 0 aromatic rings. The summed E-state index contributed by atoms with van der Waals surface area (Å²) in [5, 5.41) is 15.7. The molecule has 1 saturated carbocycles. The summed E-state index contributed by atoms with van der Waals surface area (Å²) in [7, 11) is 0. The van der Waals surface area contributed by atoms with Crippen LogP contribution in [0.1, 0.15) is 39.0 Å². The van der Waals surface area contributed by atoms with Crippen LogP contribution in [0.25, 0.3) is 0 Å². The summed E-state index contributed by atoms with van der Waals surface area (Å²) < 4.78 is 0. The SMILES string of the molecule is CC1(C(=O)NCC2CCCC2CO)CCCNC1. The molecule has 2 aliphatic rings. The molecule has 4 nitrogen and oxygen atoms in total. The third kappa shape index (κ3) is 3.04. The minimum atomic E-state index is -0.244. The molecule has 1 aliphatic carbocycles. The highest BCUT2D eigenvalue weighted by Gasteiger charge is 2.35. The molecule has 3 atom stereocenters. The summed E-state index contributed by atoms with van der Waals surface area (Å²) in [6.07, 6.45) is 5.48. The minimum Gasteiger partial charge on any atom is -0.396 e. The van der Waals surface area contributed by atoms with Crippen LogP contribution in [0.4, 0.5) is 0 Å². The molecule has 0 aromatic carbocycles. The number of carbonyl (C=O) groups excluding carboxylic acids is 1. The van der Waals surface area contributed by atoms with Crippen molar-refractivity contribution in [2.24, 2.45) is 17.3 Å². The van der Waals surface area contributed by atoms with Crippen LogP contribution < -0.4 is 10.6 Å². The van der Waals surface area contributed by atoms with E-state index in [4.69, 9.17) is 0 Å². The third-order valence-electron chi connectivity index (χ3n) is 4.72. The van der Waals surface area contributed by atoms with E-state index in [1.807, 2.05) is 6.92 Å². The van der Waals surface area contributed by atoms with E-state index in [-0.39, 0.29) is 17.9 Å². The molecular weight excluding hydrogens is 228 g/mol. The lowest BCUT2D eigenvalue weighted by Crippen LogP contribution is -2.49. The number of carbonyl (C=O) groups is 1. The van der Waals surface area contributed by atoms with Gasteiger partial charge in [0.05, 0.1) is 5.41 Å². The molecule has 2 rings (SSSR count). The normalized spacial score (nSPS) is 36.6. The van der Waals surface area contributed by atoms with Gasteiger partial charge in [-0.25, -0.2) is 0 Å². The van der Waals surface area contributed by atoms with E-state index in [1.165, 1.54) is 6.42 Å². The number of rotatable bonds is 4. The summed E-state index contributed by atoms with van der Waals surface area (Å²) in [6, 6.07) is 0. The Balaban J connectivity index is 1.80. The van der Waals surface area contributed by atoms with Gasteiger partial charge in [0, 0.05) is 19.7 Å². The first kappa shape index (κ1) is 13.8. The van der Waals surface area contributed by atoms with Crippen molar-refractivity contribution in [1.82, 2.24) is 10.6 Å². The maximum Gasteiger partial charge on any atom is 0.227 e. The number of piperidine rings is 1. The Hall–Kier alpha value is -0.610. The molecule has 0 aromatic heterocycles. The fourth-order valence-corrected chi connectivity index (χ4v) is 3.31. The number of aliphatic hydroxyl groups is 1. The Labute approximate surface area is 110 Å². The Morgan fingerprint density at radius 2 is 2.17 bits per heavy atom. The van der Waals surface area contributed by atoms with Crippen LogP contribution in [0.15, 0.2) is 0 Å². The van der Waals surface area contributed by atoms with Gasteiger partial charge in [0.2, 0.25) is 5.91 Å². The highest BCUT2D eigenvalue weighted by atomic mass is 16.3. The summed E-state index contributed by atoms with van der Waals surface area (Å²) in [5.41, 5.74) is -0.244. The number of nitrogens with one attached hydrogen (secondary N) is 2. The second-order valence-corrected chi connectivity index (χ2v) is 6.18. The molecule has 18 heavy (non-hydrogen) atoms. The van der Waals surface area contributed by atoms with Crippen molar-refractivity contribution in [2.75, 3.05) is 26.2 Å². The van der Waals surface area contributed by atoms with Crippen LogP contribution in [-0.4, -0.2) is 37.3 Å². The zero-order valence-electron chi connectivity index (χ0n) is 11.4. The van der Waals surface area contributed by atoms with Crippen molar-refractivity contribution >= 4 is 5.91 Å². The smallest absolute Gasteiger partial charge is 0.227 e. The standard InChI is InChI=1S/C14H26N2O2/c1-14(6-3-7-15-10-14)13(18)16-8-11-4-2-5-12(11)9-17/h11-12,15,17H,2-10H2,1H3,(H,16,18). The van der Waals surface area contributed by atoms with Gasteiger partial charge in [-0.3, -0.25) is 4.79 Å². The van der Waals surface area contributed by atoms with Crippen LogP contribution in [0.5, 0.6) is 0 Å². The van der Waals surface area contributed by atoms with Crippen LogP contribution in [0.2, 0.25) is 0 Å². The lowest BCUT2D eigenvalue weighted by atomic mass is 9.81. The van der Waals surface area contributed by atoms with Crippen molar-refractivity contribution in [2.45, 2.75) is 39.0 Å². The van der Waals surface area contributed by atoms with Crippen LogP contribution >= 0.6 is 0 Å². The minimum absolute atomic E-state index is 0.179.